The number of rotatable bonds is 7. The fourth-order valence-electron chi connectivity index (χ4n) is 1.39. The van der Waals surface area contributed by atoms with Crippen LogP contribution in [-0.4, -0.2) is 41.6 Å². The molecule has 2 atom stereocenters. The van der Waals surface area contributed by atoms with Crippen molar-refractivity contribution in [1.29, 1.82) is 0 Å². The molecule has 0 bridgehead atoms. The van der Waals surface area contributed by atoms with Crippen LogP contribution >= 0.6 is 0 Å². The first-order valence-corrected chi connectivity index (χ1v) is 6.47. The first-order valence-electron chi connectivity index (χ1n) is 6.47. The molecule has 0 spiro atoms. The van der Waals surface area contributed by atoms with Gasteiger partial charge in [0.05, 0.1) is 5.92 Å². The van der Waals surface area contributed by atoms with E-state index in [-0.39, 0.29) is 18.5 Å². The van der Waals surface area contributed by atoms with Crippen molar-refractivity contribution in [3.63, 3.8) is 0 Å². The molecule has 0 radical (unpaired) electrons. The lowest BCUT2D eigenvalue weighted by Crippen LogP contribution is -2.49. The van der Waals surface area contributed by atoms with Crippen LogP contribution < -0.4 is 16.0 Å². The smallest absolute Gasteiger partial charge is 0.315 e. The summed E-state index contributed by atoms with van der Waals surface area (Å²) >= 11 is 0. The monoisotopic (exact) mass is 271 g/mol. The van der Waals surface area contributed by atoms with E-state index in [4.69, 9.17) is 5.11 Å². The predicted molar refractivity (Wildman–Crippen MR) is 68.6 cm³/mol. The van der Waals surface area contributed by atoms with E-state index in [9.17, 15) is 14.4 Å². The van der Waals surface area contributed by atoms with E-state index in [1.807, 2.05) is 0 Å². The van der Waals surface area contributed by atoms with Crippen molar-refractivity contribution in [3.8, 4) is 0 Å². The molecule has 7 nitrogen and oxygen atoms in total. The van der Waals surface area contributed by atoms with Crippen LogP contribution in [0.15, 0.2) is 0 Å². The van der Waals surface area contributed by atoms with E-state index in [1.165, 1.54) is 0 Å². The van der Waals surface area contributed by atoms with E-state index < -0.39 is 24.0 Å². The van der Waals surface area contributed by atoms with E-state index in [2.05, 4.69) is 16.0 Å². The third-order valence-corrected chi connectivity index (χ3v) is 2.95. The Morgan fingerprint density at radius 2 is 1.89 bits per heavy atom. The number of carboxylic acids is 1. The van der Waals surface area contributed by atoms with Gasteiger partial charge in [-0.25, -0.2) is 4.79 Å². The fraction of sp³-hybridized carbons (Fsp3) is 0.750. The molecule has 0 aromatic carbocycles. The van der Waals surface area contributed by atoms with Crippen LogP contribution in [0.3, 0.4) is 0 Å². The summed E-state index contributed by atoms with van der Waals surface area (Å²) in [6.07, 6.45) is 2.35. The summed E-state index contributed by atoms with van der Waals surface area (Å²) in [6.45, 7) is 3.45. The molecular weight excluding hydrogens is 250 g/mol. The highest BCUT2D eigenvalue weighted by atomic mass is 16.4. The molecular formula is C12H21N3O4. The summed E-state index contributed by atoms with van der Waals surface area (Å²) in [4.78, 5) is 33.6. The zero-order valence-corrected chi connectivity index (χ0v) is 11.2. The molecule has 0 heterocycles. The van der Waals surface area contributed by atoms with Crippen molar-refractivity contribution in [3.05, 3.63) is 0 Å². The third kappa shape index (κ3) is 6.08. The lowest BCUT2D eigenvalue weighted by Gasteiger charge is -2.15. The predicted octanol–water partition coefficient (Wildman–Crippen LogP) is 0.0635. The van der Waals surface area contributed by atoms with Gasteiger partial charge < -0.3 is 21.1 Å². The van der Waals surface area contributed by atoms with Crippen molar-refractivity contribution >= 4 is 17.9 Å². The van der Waals surface area contributed by atoms with E-state index in [0.29, 0.717) is 6.42 Å². The largest absolute Gasteiger partial charge is 0.481 e. The van der Waals surface area contributed by atoms with Crippen LogP contribution in [-0.2, 0) is 9.59 Å². The van der Waals surface area contributed by atoms with Crippen LogP contribution in [0, 0.1) is 5.92 Å². The molecule has 0 aliphatic heterocycles. The maximum Gasteiger partial charge on any atom is 0.315 e. The Bertz CT molecular complexity index is 355. The fourth-order valence-corrected chi connectivity index (χ4v) is 1.39. The van der Waals surface area contributed by atoms with Gasteiger partial charge in [0.1, 0.15) is 6.04 Å². The Hall–Kier alpha value is -1.79. The van der Waals surface area contributed by atoms with Crippen molar-refractivity contribution < 1.29 is 19.5 Å². The van der Waals surface area contributed by atoms with Crippen LogP contribution in [0.5, 0.6) is 0 Å². The maximum atomic E-state index is 11.6. The number of carbonyl (C=O) groups excluding carboxylic acids is 2. The number of aliphatic carboxylic acids is 1. The summed E-state index contributed by atoms with van der Waals surface area (Å²) in [6, 6.07) is -0.801. The standard InChI is InChI=1S/C12H21N3O4/c1-7(11(17)18)5-6-13-12(19)14-8(2)10(16)15-9-3-4-9/h7-9H,3-6H2,1-2H3,(H,15,16)(H,17,18)(H2,13,14,19). The summed E-state index contributed by atoms with van der Waals surface area (Å²) in [5, 5.41) is 16.5. The van der Waals surface area contributed by atoms with Crippen LogP contribution in [0.1, 0.15) is 33.1 Å². The molecule has 1 rings (SSSR count). The summed E-state index contributed by atoms with van der Waals surface area (Å²) < 4.78 is 0. The van der Waals surface area contributed by atoms with E-state index >= 15 is 0 Å². The van der Waals surface area contributed by atoms with Gasteiger partial charge in [0.25, 0.3) is 0 Å². The van der Waals surface area contributed by atoms with Gasteiger partial charge in [-0.05, 0) is 26.2 Å². The van der Waals surface area contributed by atoms with Crippen molar-refractivity contribution in [2.45, 2.75) is 45.2 Å². The lowest BCUT2D eigenvalue weighted by molar-refractivity contribution is -0.141. The van der Waals surface area contributed by atoms with Gasteiger partial charge in [0, 0.05) is 12.6 Å². The molecule has 3 amide bonds. The van der Waals surface area contributed by atoms with Crippen molar-refractivity contribution in [2.24, 2.45) is 5.92 Å². The number of urea groups is 1. The van der Waals surface area contributed by atoms with Gasteiger partial charge in [-0.3, -0.25) is 9.59 Å². The van der Waals surface area contributed by atoms with Gasteiger partial charge in [-0.1, -0.05) is 6.92 Å². The summed E-state index contributed by atoms with van der Waals surface area (Å²) in [5.74, 6) is -1.59. The number of carboxylic acid groups (broad SMARTS) is 1. The quantitative estimate of drug-likeness (QED) is 0.525. The minimum absolute atomic E-state index is 0.198. The zero-order chi connectivity index (χ0) is 14.4. The van der Waals surface area contributed by atoms with Crippen molar-refractivity contribution in [1.82, 2.24) is 16.0 Å². The number of carbonyl (C=O) groups is 3. The van der Waals surface area contributed by atoms with E-state index in [0.717, 1.165) is 12.8 Å². The zero-order valence-electron chi connectivity index (χ0n) is 11.2. The van der Waals surface area contributed by atoms with Gasteiger partial charge >= 0.3 is 12.0 Å². The number of nitrogens with one attached hydrogen (secondary N) is 3. The molecule has 1 fully saturated rings. The number of hydrogen-bond donors (Lipinski definition) is 4. The Morgan fingerprint density at radius 3 is 2.42 bits per heavy atom. The third-order valence-electron chi connectivity index (χ3n) is 2.95. The minimum atomic E-state index is -0.889. The van der Waals surface area contributed by atoms with Crippen LogP contribution in [0.2, 0.25) is 0 Å². The second-order valence-corrected chi connectivity index (χ2v) is 4.93. The lowest BCUT2D eigenvalue weighted by atomic mass is 10.1. The Morgan fingerprint density at radius 1 is 1.26 bits per heavy atom. The molecule has 2 unspecified atom stereocenters. The summed E-state index contributed by atoms with van der Waals surface area (Å²) in [7, 11) is 0. The topological polar surface area (TPSA) is 108 Å². The minimum Gasteiger partial charge on any atom is -0.481 e. The number of hydrogen-bond acceptors (Lipinski definition) is 3. The average molecular weight is 271 g/mol. The molecule has 7 heteroatoms. The van der Waals surface area contributed by atoms with Gasteiger partial charge in [-0.15, -0.1) is 0 Å². The van der Waals surface area contributed by atoms with Crippen LogP contribution in [0.4, 0.5) is 4.79 Å². The average Bonchev–Trinajstić information content (AvgIpc) is 3.12. The molecule has 1 aliphatic rings. The Kier molecular flexibility index (Phi) is 5.59. The molecule has 4 N–H and O–H groups in total. The highest BCUT2D eigenvalue weighted by Crippen LogP contribution is 2.18. The second-order valence-electron chi connectivity index (χ2n) is 4.93. The first kappa shape index (κ1) is 15.3. The van der Waals surface area contributed by atoms with Crippen molar-refractivity contribution in [2.75, 3.05) is 6.54 Å². The molecule has 0 aromatic heterocycles. The highest BCUT2D eigenvalue weighted by molar-refractivity contribution is 5.86. The molecule has 0 aromatic rings. The second kappa shape index (κ2) is 6.96. The van der Waals surface area contributed by atoms with Gasteiger partial charge in [0.15, 0.2) is 0 Å². The molecule has 0 saturated heterocycles. The number of amides is 3. The first-order chi connectivity index (χ1) is 8.90. The molecule has 19 heavy (non-hydrogen) atoms. The van der Waals surface area contributed by atoms with Crippen LogP contribution in [0.25, 0.3) is 0 Å². The molecule has 1 saturated carbocycles. The Labute approximate surface area is 112 Å². The van der Waals surface area contributed by atoms with Gasteiger partial charge in [0.2, 0.25) is 5.91 Å². The molecule has 108 valence electrons. The highest BCUT2D eigenvalue weighted by Gasteiger charge is 2.26. The Balaban J connectivity index is 2.15. The normalized spacial score (nSPS) is 17.2. The maximum absolute atomic E-state index is 11.6. The van der Waals surface area contributed by atoms with E-state index in [1.54, 1.807) is 13.8 Å². The molecule has 1 aliphatic carbocycles. The van der Waals surface area contributed by atoms with Gasteiger partial charge in [-0.2, -0.15) is 0 Å². The SMILES string of the molecule is CC(CCNC(=O)NC(C)C(=O)NC1CC1)C(=O)O. The summed E-state index contributed by atoms with van der Waals surface area (Å²) in [5.41, 5.74) is 0.